The predicted molar refractivity (Wildman–Crippen MR) is 70.5 cm³/mol. The Morgan fingerprint density at radius 2 is 1.72 bits per heavy atom. The molecule has 0 atom stereocenters. The van der Waals surface area contributed by atoms with Gasteiger partial charge < -0.3 is 0 Å². The van der Waals surface area contributed by atoms with E-state index in [9.17, 15) is 9.59 Å². The second kappa shape index (κ2) is 5.63. The van der Waals surface area contributed by atoms with Gasteiger partial charge in [-0.15, -0.1) is 0 Å². The highest BCUT2D eigenvalue weighted by Gasteiger charge is 2.24. The molecule has 1 radical (unpaired) electrons. The maximum absolute atomic E-state index is 11.6. The van der Waals surface area contributed by atoms with E-state index in [1.165, 1.54) is 4.90 Å². The average molecular weight is 242 g/mol. The van der Waals surface area contributed by atoms with Gasteiger partial charge in [0.2, 0.25) is 11.8 Å². The molecule has 1 heterocycles. The molecule has 2 amide bonds. The van der Waals surface area contributed by atoms with Gasteiger partial charge in [0, 0.05) is 19.4 Å². The van der Waals surface area contributed by atoms with E-state index in [0.717, 1.165) is 11.1 Å². The third-order valence-electron chi connectivity index (χ3n) is 2.96. The third kappa shape index (κ3) is 3.06. The van der Waals surface area contributed by atoms with Crippen molar-refractivity contribution in [2.24, 2.45) is 0 Å². The second-order valence-corrected chi connectivity index (χ2v) is 4.40. The number of likely N-dealkylation sites (tertiary alicyclic amines) is 1. The van der Waals surface area contributed by atoms with Crippen LogP contribution in [0.2, 0.25) is 0 Å². The molecule has 1 aliphatic rings. The molecule has 3 heteroatoms. The van der Waals surface area contributed by atoms with Crippen LogP contribution in [0, 0.1) is 6.92 Å². The summed E-state index contributed by atoms with van der Waals surface area (Å²) in [4.78, 5) is 24.4. The van der Waals surface area contributed by atoms with Gasteiger partial charge in [-0.05, 0) is 24.5 Å². The summed E-state index contributed by atoms with van der Waals surface area (Å²) in [5, 5.41) is 0. The van der Waals surface area contributed by atoms with Crippen LogP contribution in [0.1, 0.15) is 30.4 Å². The number of hydrogen-bond donors (Lipinski definition) is 0. The van der Waals surface area contributed by atoms with E-state index >= 15 is 0 Å². The zero-order chi connectivity index (χ0) is 13.0. The molecule has 0 aliphatic carbocycles. The van der Waals surface area contributed by atoms with Crippen molar-refractivity contribution in [1.82, 2.24) is 4.90 Å². The van der Waals surface area contributed by atoms with Gasteiger partial charge in [0.05, 0.1) is 0 Å². The highest BCUT2D eigenvalue weighted by Crippen LogP contribution is 2.12. The Balaban J connectivity index is 1.96. The summed E-state index contributed by atoms with van der Waals surface area (Å²) < 4.78 is 0. The molecule has 93 valence electrons. The number of piperidine rings is 1. The summed E-state index contributed by atoms with van der Waals surface area (Å²) in [7, 11) is 0. The minimum Gasteiger partial charge on any atom is -0.279 e. The van der Waals surface area contributed by atoms with Gasteiger partial charge in [0.25, 0.3) is 0 Å². The van der Waals surface area contributed by atoms with Crippen LogP contribution < -0.4 is 0 Å². The highest BCUT2D eigenvalue weighted by molar-refractivity contribution is 5.97. The fourth-order valence-electron chi connectivity index (χ4n) is 1.93. The normalized spacial score (nSPS) is 16.6. The topological polar surface area (TPSA) is 37.4 Å². The molecule has 1 saturated heterocycles. The summed E-state index contributed by atoms with van der Waals surface area (Å²) in [5.74, 6) is -0.131. The van der Waals surface area contributed by atoms with Crippen LogP contribution in [0.5, 0.6) is 0 Å². The van der Waals surface area contributed by atoms with Crippen LogP contribution in [-0.4, -0.2) is 23.3 Å². The van der Waals surface area contributed by atoms with E-state index < -0.39 is 0 Å². The minimum atomic E-state index is -0.0657. The Morgan fingerprint density at radius 3 is 2.33 bits per heavy atom. The van der Waals surface area contributed by atoms with E-state index in [1.807, 2.05) is 36.4 Å². The van der Waals surface area contributed by atoms with E-state index in [0.29, 0.717) is 25.8 Å². The van der Waals surface area contributed by atoms with Gasteiger partial charge in [-0.2, -0.15) is 0 Å². The molecule has 3 nitrogen and oxygen atoms in total. The monoisotopic (exact) mass is 242 g/mol. The SMILES string of the molecule is [CH2]c1ccc(C=CCN2C(=O)CCCC2=O)cc1. The molecule has 1 aromatic carbocycles. The van der Waals surface area contributed by atoms with Crippen molar-refractivity contribution in [2.75, 3.05) is 6.54 Å². The van der Waals surface area contributed by atoms with Gasteiger partial charge >= 0.3 is 0 Å². The number of carbonyl (C=O) groups is 2. The van der Waals surface area contributed by atoms with E-state index in [-0.39, 0.29) is 11.8 Å². The van der Waals surface area contributed by atoms with Crippen LogP contribution in [-0.2, 0) is 9.59 Å². The Morgan fingerprint density at radius 1 is 1.11 bits per heavy atom. The molecule has 2 rings (SSSR count). The van der Waals surface area contributed by atoms with Crippen molar-refractivity contribution in [3.63, 3.8) is 0 Å². The molecule has 1 fully saturated rings. The summed E-state index contributed by atoms with van der Waals surface area (Å²) in [6.45, 7) is 4.18. The number of benzene rings is 1. The lowest BCUT2D eigenvalue weighted by Gasteiger charge is -2.23. The van der Waals surface area contributed by atoms with Crippen LogP contribution in [0.15, 0.2) is 30.3 Å². The van der Waals surface area contributed by atoms with Gasteiger partial charge in [0.1, 0.15) is 0 Å². The molecule has 1 aromatic rings. The molecule has 0 spiro atoms. The first-order valence-corrected chi connectivity index (χ1v) is 6.08. The van der Waals surface area contributed by atoms with E-state index in [4.69, 9.17) is 0 Å². The largest absolute Gasteiger partial charge is 0.279 e. The number of hydrogen-bond acceptors (Lipinski definition) is 2. The minimum absolute atomic E-state index is 0.0657. The second-order valence-electron chi connectivity index (χ2n) is 4.40. The maximum atomic E-state index is 11.6. The van der Waals surface area contributed by atoms with Crippen molar-refractivity contribution >= 4 is 17.9 Å². The van der Waals surface area contributed by atoms with Gasteiger partial charge in [0.15, 0.2) is 0 Å². The smallest absolute Gasteiger partial charge is 0.229 e. The first-order valence-electron chi connectivity index (χ1n) is 6.08. The number of amides is 2. The summed E-state index contributed by atoms with van der Waals surface area (Å²) in [6, 6.07) is 7.77. The third-order valence-corrected chi connectivity index (χ3v) is 2.96. The van der Waals surface area contributed by atoms with Crippen molar-refractivity contribution in [3.8, 4) is 0 Å². The average Bonchev–Trinajstić information content (AvgIpc) is 2.35. The van der Waals surface area contributed by atoms with Crippen molar-refractivity contribution < 1.29 is 9.59 Å². The lowest BCUT2D eigenvalue weighted by atomic mass is 10.1. The van der Waals surface area contributed by atoms with Crippen molar-refractivity contribution in [1.29, 1.82) is 0 Å². The fraction of sp³-hybridized carbons (Fsp3) is 0.267. The molecule has 0 unspecified atom stereocenters. The maximum Gasteiger partial charge on any atom is 0.229 e. The quantitative estimate of drug-likeness (QED) is 0.763. The summed E-state index contributed by atoms with van der Waals surface area (Å²) in [5.41, 5.74) is 2.01. The first kappa shape index (κ1) is 12.6. The Hall–Kier alpha value is -1.90. The molecule has 18 heavy (non-hydrogen) atoms. The van der Waals surface area contributed by atoms with Crippen LogP contribution in [0.25, 0.3) is 6.08 Å². The van der Waals surface area contributed by atoms with Gasteiger partial charge in [-0.1, -0.05) is 36.4 Å². The molecule has 0 N–H and O–H groups in total. The number of rotatable bonds is 3. The van der Waals surface area contributed by atoms with Crippen LogP contribution >= 0.6 is 0 Å². The number of imide groups is 1. The summed E-state index contributed by atoms with van der Waals surface area (Å²) in [6.07, 6.45) is 5.40. The fourth-order valence-corrected chi connectivity index (χ4v) is 1.93. The van der Waals surface area contributed by atoms with Gasteiger partial charge in [-0.3, -0.25) is 14.5 Å². The van der Waals surface area contributed by atoms with Crippen LogP contribution in [0.3, 0.4) is 0 Å². The molecular weight excluding hydrogens is 226 g/mol. The zero-order valence-electron chi connectivity index (χ0n) is 10.3. The van der Waals surface area contributed by atoms with E-state index in [2.05, 4.69) is 6.92 Å². The molecule has 0 aromatic heterocycles. The lowest BCUT2D eigenvalue weighted by Crippen LogP contribution is -2.39. The Bertz CT molecular complexity index is 458. The molecule has 1 aliphatic heterocycles. The zero-order valence-corrected chi connectivity index (χ0v) is 10.3. The molecule has 0 saturated carbocycles. The van der Waals surface area contributed by atoms with Crippen LogP contribution in [0.4, 0.5) is 0 Å². The van der Waals surface area contributed by atoms with Crippen molar-refractivity contribution in [2.45, 2.75) is 19.3 Å². The van der Waals surface area contributed by atoms with Crippen molar-refractivity contribution in [3.05, 3.63) is 48.4 Å². The number of nitrogens with zero attached hydrogens (tertiary/aromatic N) is 1. The first-order chi connectivity index (χ1) is 8.66. The Kier molecular flexibility index (Phi) is 3.92. The summed E-state index contributed by atoms with van der Waals surface area (Å²) >= 11 is 0. The highest BCUT2D eigenvalue weighted by atomic mass is 16.2. The Labute approximate surface area is 107 Å². The van der Waals surface area contributed by atoms with Gasteiger partial charge in [-0.25, -0.2) is 0 Å². The lowest BCUT2D eigenvalue weighted by molar-refractivity contribution is -0.147. The van der Waals surface area contributed by atoms with E-state index in [1.54, 1.807) is 0 Å². The molecular formula is C15H16NO2. The number of carbonyl (C=O) groups excluding carboxylic acids is 2. The molecule has 0 bridgehead atoms. The predicted octanol–water partition coefficient (Wildman–Crippen LogP) is 2.42. The standard InChI is InChI=1S/C15H16NO2/c1-12-7-9-13(10-8-12)4-3-11-16-14(17)5-2-6-15(16)18/h3-4,7-10H,1-2,5-6,11H2.